The van der Waals surface area contributed by atoms with Crippen LogP contribution in [-0.2, 0) is 6.54 Å². The first kappa shape index (κ1) is 16.6. The molecule has 0 spiro atoms. The number of aromatic nitrogens is 1. The van der Waals surface area contributed by atoms with E-state index in [2.05, 4.69) is 69.6 Å². The van der Waals surface area contributed by atoms with E-state index in [-0.39, 0.29) is 5.54 Å². The number of hydrogen-bond donors (Lipinski definition) is 1. The van der Waals surface area contributed by atoms with Gasteiger partial charge in [-0.3, -0.25) is 0 Å². The molecule has 1 aliphatic heterocycles. The standard InChI is InChI=1S/C17H29N3S/c1-12-7-15(9-19-17(4,5)6)8-18-16(12)20-10-13(2)21-14(3)11-20/h7-8,13-14,19H,9-11H2,1-6H3. The van der Waals surface area contributed by atoms with E-state index in [1.54, 1.807) is 0 Å². The Kier molecular flexibility index (Phi) is 5.20. The minimum absolute atomic E-state index is 0.140. The third-order valence-corrected chi connectivity index (χ3v) is 4.88. The van der Waals surface area contributed by atoms with Crippen molar-refractivity contribution in [2.24, 2.45) is 0 Å². The molecular formula is C17H29N3S. The molecule has 1 saturated heterocycles. The van der Waals surface area contributed by atoms with E-state index in [1.165, 1.54) is 11.1 Å². The Morgan fingerprint density at radius 1 is 1.29 bits per heavy atom. The van der Waals surface area contributed by atoms with Crippen LogP contribution in [0.4, 0.5) is 5.82 Å². The molecule has 4 heteroatoms. The molecule has 2 heterocycles. The first-order chi connectivity index (χ1) is 9.74. The van der Waals surface area contributed by atoms with E-state index in [9.17, 15) is 0 Å². The second kappa shape index (κ2) is 6.57. The van der Waals surface area contributed by atoms with Crippen molar-refractivity contribution in [2.75, 3.05) is 18.0 Å². The summed E-state index contributed by atoms with van der Waals surface area (Å²) in [4.78, 5) is 7.19. The fourth-order valence-electron chi connectivity index (χ4n) is 2.77. The van der Waals surface area contributed by atoms with Gasteiger partial charge in [0.1, 0.15) is 5.82 Å². The van der Waals surface area contributed by atoms with E-state index < -0.39 is 0 Å². The van der Waals surface area contributed by atoms with Crippen molar-refractivity contribution in [3.05, 3.63) is 23.4 Å². The van der Waals surface area contributed by atoms with Crippen LogP contribution < -0.4 is 10.2 Å². The van der Waals surface area contributed by atoms with Gasteiger partial charge in [-0.2, -0.15) is 11.8 Å². The number of anilines is 1. The lowest BCUT2D eigenvalue weighted by molar-refractivity contribution is 0.424. The molecule has 0 saturated carbocycles. The first-order valence-electron chi connectivity index (χ1n) is 7.85. The molecule has 1 aromatic heterocycles. The number of thioether (sulfide) groups is 1. The van der Waals surface area contributed by atoms with Crippen LogP contribution in [0.3, 0.4) is 0 Å². The molecule has 3 nitrogen and oxygen atoms in total. The fourth-order valence-corrected chi connectivity index (χ4v) is 4.10. The largest absolute Gasteiger partial charge is 0.354 e. The third kappa shape index (κ3) is 4.89. The third-order valence-electron chi connectivity index (χ3n) is 3.65. The average molecular weight is 308 g/mol. The summed E-state index contributed by atoms with van der Waals surface area (Å²) in [6, 6.07) is 2.28. The SMILES string of the molecule is Cc1cc(CNC(C)(C)C)cnc1N1CC(C)SC(C)C1. The number of hydrogen-bond acceptors (Lipinski definition) is 4. The van der Waals surface area contributed by atoms with Crippen molar-refractivity contribution in [3.8, 4) is 0 Å². The van der Waals surface area contributed by atoms with E-state index in [0.29, 0.717) is 10.5 Å². The van der Waals surface area contributed by atoms with Gasteiger partial charge in [0.15, 0.2) is 0 Å². The summed E-state index contributed by atoms with van der Waals surface area (Å²) in [6.45, 7) is 16.4. The summed E-state index contributed by atoms with van der Waals surface area (Å²) >= 11 is 2.08. The smallest absolute Gasteiger partial charge is 0.131 e. The Labute approximate surface area is 133 Å². The Hall–Kier alpha value is -0.740. The van der Waals surface area contributed by atoms with Crippen LogP contribution in [0.25, 0.3) is 0 Å². The van der Waals surface area contributed by atoms with E-state index in [0.717, 1.165) is 25.5 Å². The molecule has 2 rings (SSSR count). The number of aryl methyl sites for hydroxylation is 1. The lowest BCUT2D eigenvalue weighted by Crippen LogP contribution is -2.41. The average Bonchev–Trinajstić information content (AvgIpc) is 2.34. The van der Waals surface area contributed by atoms with Gasteiger partial charge in [0.25, 0.3) is 0 Å². The van der Waals surface area contributed by atoms with Gasteiger partial charge in [-0.25, -0.2) is 4.98 Å². The minimum atomic E-state index is 0.140. The van der Waals surface area contributed by atoms with Gasteiger partial charge in [0.05, 0.1) is 0 Å². The maximum Gasteiger partial charge on any atom is 0.131 e. The van der Waals surface area contributed by atoms with Crippen molar-refractivity contribution in [3.63, 3.8) is 0 Å². The monoisotopic (exact) mass is 307 g/mol. The van der Waals surface area contributed by atoms with Crippen LogP contribution >= 0.6 is 11.8 Å². The molecule has 0 amide bonds. The van der Waals surface area contributed by atoms with Crippen LogP contribution in [0.15, 0.2) is 12.3 Å². The minimum Gasteiger partial charge on any atom is -0.354 e. The Morgan fingerprint density at radius 2 is 1.90 bits per heavy atom. The maximum absolute atomic E-state index is 4.75. The second-order valence-corrected chi connectivity index (χ2v) is 9.13. The van der Waals surface area contributed by atoms with E-state index >= 15 is 0 Å². The van der Waals surface area contributed by atoms with Gasteiger partial charge in [0.2, 0.25) is 0 Å². The van der Waals surface area contributed by atoms with Crippen LogP contribution in [0.5, 0.6) is 0 Å². The summed E-state index contributed by atoms with van der Waals surface area (Å²) in [5, 5.41) is 4.88. The van der Waals surface area contributed by atoms with E-state index in [4.69, 9.17) is 4.98 Å². The van der Waals surface area contributed by atoms with Crippen LogP contribution in [0, 0.1) is 6.92 Å². The Morgan fingerprint density at radius 3 is 2.43 bits per heavy atom. The summed E-state index contributed by atoms with van der Waals surface area (Å²) in [5.41, 5.74) is 2.69. The van der Waals surface area contributed by atoms with Gasteiger partial charge < -0.3 is 10.2 Å². The lowest BCUT2D eigenvalue weighted by Gasteiger charge is -2.36. The molecule has 21 heavy (non-hydrogen) atoms. The molecule has 0 aliphatic carbocycles. The highest BCUT2D eigenvalue weighted by Crippen LogP contribution is 2.29. The summed E-state index contributed by atoms with van der Waals surface area (Å²) in [5.74, 6) is 1.16. The van der Waals surface area contributed by atoms with Gasteiger partial charge >= 0.3 is 0 Å². The summed E-state index contributed by atoms with van der Waals surface area (Å²) in [7, 11) is 0. The molecule has 1 fully saturated rings. The van der Waals surface area contributed by atoms with Crippen LogP contribution in [0.1, 0.15) is 45.7 Å². The van der Waals surface area contributed by atoms with Gasteiger partial charge in [-0.05, 0) is 44.9 Å². The number of nitrogens with zero attached hydrogens (tertiary/aromatic N) is 2. The topological polar surface area (TPSA) is 28.2 Å². The zero-order chi connectivity index (χ0) is 15.6. The molecular weight excluding hydrogens is 278 g/mol. The second-order valence-electron chi connectivity index (χ2n) is 7.25. The highest BCUT2D eigenvalue weighted by Gasteiger charge is 2.24. The van der Waals surface area contributed by atoms with Crippen LogP contribution in [0.2, 0.25) is 0 Å². The predicted molar refractivity (Wildman–Crippen MR) is 94.3 cm³/mol. The van der Waals surface area contributed by atoms with Crippen molar-refractivity contribution >= 4 is 17.6 Å². The van der Waals surface area contributed by atoms with Crippen molar-refractivity contribution in [2.45, 2.75) is 64.1 Å². The van der Waals surface area contributed by atoms with Crippen molar-refractivity contribution in [1.29, 1.82) is 0 Å². The molecule has 2 unspecified atom stereocenters. The molecule has 1 aliphatic rings. The number of nitrogens with one attached hydrogen (secondary N) is 1. The zero-order valence-corrected chi connectivity index (χ0v) is 15.0. The molecule has 1 N–H and O–H groups in total. The fraction of sp³-hybridized carbons (Fsp3) is 0.706. The predicted octanol–water partition coefficient (Wildman–Crippen LogP) is 3.61. The molecule has 0 aromatic carbocycles. The van der Waals surface area contributed by atoms with Crippen molar-refractivity contribution in [1.82, 2.24) is 10.3 Å². The van der Waals surface area contributed by atoms with Crippen molar-refractivity contribution < 1.29 is 0 Å². The molecule has 2 atom stereocenters. The van der Waals surface area contributed by atoms with Gasteiger partial charge in [0, 0.05) is 41.9 Å². The molecule has 0 bridgehead atoms. The quantitative estimate of drug-likeness (QED) is 0.923. The normalized spacial score (nSPS) is 23.4. The van der Waals surface area contributed by atoms with E-state index in [1.807, 2.05) is 6.20 Å². The molecule has 1 aromatic rings. The molecule has 118 valence electrons. The molecule has 0 radical (unpaired) electrons. The zero-order valence-electron chi connectivity index (χ0n) is 14.2. The lowest BCUT2D eigenvalue weighted by atomic mass is 10.1. The highest BCUT2D eigenvalue weighted by molar-refractivity contribution is 8.00. The maximum atomic E-state index is 4.75. The van der Waals surface area contributed by atoms with Crippen LogP contribution in [-0.4, -0.2) is 34.1 Å². The number of pyridine rings is 1. The number of rotatable bonds is 3. The Bertz CT molecular complexity index is 471. The summed E-state index contributed by atoms with van der Waals surface area (Å²) in [6.07, 6.45) is 2.03. The first-order valence-corrected chi connectivity index (χ1v) is 8.80. The Balaban J connectivity index is 2.08. The van der Waals surface area contributed by atoms with Gasteiger partial charge in [-0.15, -0.1) is 0 Å². The van der Waals surface area contributed by atoms with Gasteiger partial charge in [-0.1, -0.05) is 13.8 Å². The summed E-state index contributed by atoms with van der Waals surface area (Å²) < 4.78 is 0. The highest BCUT2D eigenvalue weighted by atomic mass is 32.2.